The van der Waals surface area contributed by atoms with Gasteiger partial charge < -0.3 is 14.7 Å². The van der Waals surface area contributed by atoms with Gasteiger partial charge in [0.15, 0.2) is 5.13 Å². The molecule has 0 bridgehead atoms. The summed E-state index contributed by atoms with van der Waals surface area (Å²) in [5.74, 6) is -0.779. The lowest BCUT2D eigenvalue weighted by atomic mass is 9.97. The molecule has 1 N–H and O–H groups in total. The molecule has 0 aliphatic heterocycles. The van der Waals surface area contributed by atoms with E-state index in [2.05, 4.69) is 20.9 Å². The maximum atomic E-state index is 12.8. The molecule has 0 atom stereocenters. The van der Waals surface area contributed by atoms with Crippen LogP contribution in [0.5, 0.6) is 5.75 Å². The van der Waals surface area contributed by atoms with Gasteiger partial charge in [-0.15, -0.1) is 0 Å². The average Bonchev–Trinajstić information content (AvgIpc) is 3.21. The van der Waals surface area contributed by atoms with Crippen molar-refractivity contribution in [1.29, 1.82) is 0 Å². The number of esters is 1. The lowest BCUT2D eigenvalue weighted by Gasteiger charge is -2.15. The molecule has 0 amide bonds. The summed E-state index contributed by atoms with van der Waals surface area (Å²) in [6.07, 6.45) is 0. The smallest absolute Gasteiger partial charge is 0.342 e. The zero-order valence-corrected chi connectivity index (χ0v) is 21.7. The van der Waals surface area contributed by atoms with Crippen LogP contribution < -0.4 is 4.90 Å². The lowest BCUT2D eigenvalue weighted by molar-refractivity contribution is 0.0524. The number of thiazole rings is 1. The second kappa shape index (κ2) is 10.6. The number of rotatable bonds is 7. The summed E-state index contributed by atoms with van der Waals surface area (Å²) >= 11 is 11.4. The van der Waals surface area contributed by atoms with Crippen LogP contribution in [0.3, 0.4) is 0 Å². The number of hydrogen-bond donors (Lipinski definition) is 1. The molecular weight excluding hydrogens is 536 g/mol. The van der Waals surface area contributed by atoms with Gasteiger partial charge in [0.25, 0.3) is 0 Å². The highest BCUT2D eigenvalue weighted by Gasteiger charge is 2.25. The van der Waals surface area contributed by atoms with Crippen molar-refractivity contribution in [1.82, 2.24) is 4.98 Å². The lowest BCUT2D eigenvalue weighted by Crippen LogP contribution is -2.15. The average molecular weight is 558 g/mol. The number of anilines is 1. The summed E-state index contributed by atoms with van der Waals surface area (Å²) < 4.78 is 6.18. The molecule has 3 aromatic carbocycles. The van der Waals surface area contributed by atoms with Gasteiger partial charge in [0.1, 0.15) is 16.5 Å². The molecule has 0 saturated carbocycles. The van der Waals surface area contributed by atoms with E-state index in [0.717, 1.165) is 21.2 Å². The van der Waals surface area contributed by atoms with E-state index in [1.54, 1.807) is 13.0 Å². The molecule has 0 unspecified atom stereocenters. The molecule has 0 spiro atoms. The van der Waals surface area contributed by atoms with Crippen LogP contribution in [0.25, 0.3) is 21.6 Å². The normalized spacial score (nSPS) is 10.8. The molecule has 4 aromatic rings. The molecule has 8 heteroatoms. The summed E-state index contributed by atoms with van der Waals surface area (Å²) in [6, 6.07) is 21.2. The Morgan fingerprint density at radius 1 is 1.12 bits per heavy atom. The molecule has 174 valence electrons. The van der Waals surface area contributed by atoms with Crippen LogP contribution in [0, 0.1) is 0 Å². The van der Waals surface area contributed by atoms with E-state index in [1.165, 1.54) is 11.3 Å². The molecule has 0 radical (unpaired) electrons. The highest BCUT2D eigenvalue weighted by atomic mass is 79.9. The molecule has 34 heavy (non-hydrogen) atoms. The number of carbonyl (C=O) groups is 1. The molecule has 1 heterocycles. The maximum Gasteiger partial charge on any atom is 0.342 e. The number of phenols is 1. The van der Waals surface area contributed by atoms with Gasteiger partial charge in [-0.1, -0.05) is 81.3 Å². The fourth-order valence-electron chi connectivity index (χ4n) is 3.58. The summed E-state index contributed by atoms with van der Waals surface area (Å²) in [7, 11) is 1.94. The maximum absolute atomic E-state index is 12.8. The van der Waals surface area contributed by atoms with E-state index in [4.69, 9.17) is 16.3 Å². The van der Waals surface area contributed by atoms with Crippen LogP contribution in [-0.4, -0.2) is 29.7 Å². The SMILES string of the molecule is CCOC(=O)c1c(O)cc(-c2ccc(Br)cc2)cc1-c1sc(N(C)Cc2ccccc2)nc1Cl. The highest BCUT2D eigenvalue weighted by molar-refractivity contribution is 9.10. The van der Waals surface area contributed by atoms with E-state index >= 15 is 0 Å². The van der Waals surface area contributed by atoms with Gasteiger partial charge in [-0.2, -0.15) is 0 Å². The number of nitrogens with zero attached hydrogens (tertiary/aromatic N) is 2. The van der Waals surface area contributed by atoms with Gasteiger partial charge in [0, 0.05) is 23.6 Å². The number of aromatic nitrogens is 1. The minimum absolute atomic E-state index is 0.0746. The Balaban J connectivity index is 1.80. The Labute approximate surface area is 215 Å². The van der Waals surface area contributed by atoms with Gasteiger partial charge in [0.2, 0.25) is 0 Å². The number of benzene rings is 3. The summed E-state index contributed by atoms with van der Waals surface area (Å²) in [6.45, 7) is 2.56. The molecule has 5 nitrogen and oxygen atoms in total. The number of halogens is 2. The Bertz CT molecular complexity index is 1310. The monoisotopic (exact) mass is 556 g/mol. The van der Waals surface area contributed by atoms with E-state index in [0.29, 0.717) is 22.1 Å². The molecule has 0 aliphatic rings. The topological polar surface area (TPSA) is 62.7 Å². The quantitative estimate of drug-likeness (QED) is 0.240. The van der Waals surface area contributed by atoms with Gasteiger partial charge >= 0.3 is 5.97 Å². The fraction of sp³-hybridized carbons (Fsp3) is 0.154. The molecule has 0 aliphatic carbocycles. The second-order valence-electron chi connectivity index (χ2n) is 7.60. The van der Waals surface area contributed by atoms with E-state index in [1.807, 2.05) is 72.6 Å². The number of aromatic hydroxyl groups is 1. The molecule has 0 fully saturated rings. The van der Waals surface area contributed by atoms with Crippen molar-refractivity contribution in [3.05, 3.63) is 87.5 Å². The Hall–Kier alpha value is -2.87. The summed E-state index contributed by atoms with van der Waals surface area (Å²) in [5, 5.41) is 11.8. The van der Waals surface area contributed by atoms with Gasteiger partial charge in [-0.3, -0.25) is 0 Å². The predicted molar refractivity (Wildman–Crippen MR) is 142 cm³/mol. The van der Waals surface area contributed by atoms with Gasteiger partial charge in [-0.05, 0) is 47.9 Å². The third-order valence-corrected chi connectivity index (χ3v) is 7.30. The zero-order valence-electron chi connectivity index (χ0n) is 18.6. The summed E-state index contributed by atoms with van der Waals surface area (Å²) in [4.78, 5) is 19.9. The van der Waals surface area contributed by atoms with Gasteiger partial charge in [-0.25, -0.2) is 9.78 Å². The zero-order chi connectivity index (χ0) is 24.2. The van der Waals surface area contributed by atoms with Crippen molar-refractivity contribution in [2.45, 2.75) is 13.5 Å². The number of phenolic OH excluding ortho intramolecular Hbond substituents is 1. The molecule has 4 rings (SSSR count). The Morgan fingerprint density at radius 3 is 2.50 bits per heavy atom. The molecular formula is C26H22BrClN2O3S. The molecule has 1 aromatic heterocycles. The first-order valence-electron chi connectivity index (χ1n) is 10.6. The fourth-order valence-corrected chi connectivity index (χ4v) is 5.13. The van der Waals surface area contributed by atoms with Crippen LogP contribution in [0.4, 0.5) is 5.13 Å². The van der Waals surface area contributed by atoms with E-state index < -0.39 is 5.97 Å². The van der Waals surface area contributed by atoms with Crippen molar-refractivity contribution in [2.24, 2.45) is 0 Å². The number of hydrogen-bond acceptors (Lipinski definition) is 6. The number of ether oxygens (including phenoxy) is 1. The first-order chi connectivity index (χ1) is 16.4. The van der Waals surface area contributed by atoms with Crippen molar-refractivity contribution < 1.29 is 14.6 Å². The first-order valence-corrected chi connectivity index (χ1v) is 12.6. The third-order valence-electron chi connectivity index (χ3n) is 5.18. The standard InChI is InChI=1S/C26H22BrClN2O3S/c1-3-33-25(32)22-20(13-18(14-21(22)31)17-9-11-19(27)12-10-17)23-24(28)29-26(34-23)30(2)15-16-7-5-4-6-8-16/h4-14,31H,3,15H2,1-2H3. The largest absolute Gasteiger partial charge is 0.507 e. The second-order valence-corrected chi connectivity index (χ2v) is 9.85. The van der Waals surface area contributed by atoms with Gasteiger partial charge in [0.05, 0.1) is 11.5 Å². The minimum atomic E-state index is -0.610. The highest BCUT2D eigenvalue weighted by Crippen LogP contribution is 2.43. The van der Waals surface area contributed by atoms with Crippen LogP contribution in [0.15, 0.2) is 71.2 Å². The van der Waals surface area contributed by atoms with Crippen molar-refractivity contribution in [3.63, 3.8) is 0 Å². The first kappa shape index (κ1) is 24.3. The Kier molecular flexibility index (Phi) is 7.56. The Morgan fingerprint density at radius 2 is 1.82 bits per heavy atom. The van der Waals surface area contributed by atoms with Crippen molar-refractivity contribution in [3.8, 4) is 27.3 Å². The van der Waals surface area contributed by atoms with Crippen LogP contribution in [0.2, 0.25) is 5.15 Å². The van der Waals surface area contributed by atoms with Crippen LogP contribution in [-0.2, 0) is 11.3 Å². The van der Waals surface area contributed by atoms with Crippen LogP contribution >= 0.6 is 38.9 Å². The third kappa shape index (κ3) is 5.27. The van der Waals surface area contributed by atoms with Crippen LogP contribution in [0.1, 0.15) is 22.8 Å². The minimum Gasteiger partial charge on any atom is -0.507 e. The van der Waals surface area contributed by atoms with E-state index in [9.17, 15) is 9.90 Å². The summed E-state index contributed by atoms with van der Waals surface area (Å²) in [5.41, 5.74) is 3.33. The molecule has 0 saturated heterocycles. The van der Waals surface area contributed by atoms with E-state index in [-0.39, 0.29) is 23.1 Å². The predicted octanol–water partition coefficient (Wildman–Crippen LogP) is 7.41. The van der Waals surface area contributed by atoms with Crippen molar-refractivity contribution in [2.75, 3.05) is 18.6 Å². The van der Waals surface area contributed by atoms with Crippen molar-refractivity contribution >= 4 is 50.0 Å². The number of carbonyl (C=O) groups excluding carboxylic acids is 1.